The van der Waals surface area contributed by atoms with Gasteiger partial charge in [0.2, 0.25) is 5.91 Å². The Morgan fingerprint density at radius 1 is 1.12 bits per heavy atom. The monoisotopic (exact) mass is 463 g/mol. The van der Waals surface area contributed by atoms with Crippen LogP contribution in [-0.2, 0) is 21.5 Å². The molecule has 8 heteroatoms. The number of carbonyl (C=O) groups is 3. The second kappa shape index (κ2) is 8.66. The number of amides is 4. The molecule has 2 aliphatic heterocycles. The molecule has 1 N–H and O–H groups in total. The second-order valence-corrected chi connectivity index (χ2v) is 9.09. The number of rotatable bonds is 5. The quantitative estimate of drug-likeness (QED) is 0.689. The molecule has 0 aromatic heterocycles. The van der Waals surface area contributed by atoms with E-state index in [-0.39, 0.29) is 24.4 Å². The molecule has 8 nitrogen and oxygen atoms in total. The lowest BCUT2D eigenvalue weighted by molar-refractivity contribution is -0.140. The summed E-state index contributed by atoms with van der Waals surface area (Å²) >= 11 is 0. The summed E-state index contributed by atoms with van der Waals surface area (Å²) in [6, 6.07) is 12.6. The molecular weight excluding hydrogens is 434 g/mol. The summed E-state index contributed by atoms with van der Waals surface area (Å²) in [6.45, 7) is 0.277. The summed E-state index contributed by atoms with van der Waals surface area (Å²) in [4.78, 5) is 42.8. The van der Waals surface area contributed by atoms with Crippen LogP contribution in [0.5, 0.6) is 11.5 Å². The Kier molecular flexibility index (Phi) is 5.67. The van der Waals surface area contributed by atoms with Crippen LogP contribution in [0.15, 0.2) is 42.5 Å². The Balaban J connectivity index is 1.39. The van der Waals surface area contributed by atoms with E-state index in [4.69, 9.17) is 9.47 Å². The zero-order valence-electron chi connectivity index (χ0n) is 19.5. The topological polar surface area (TPSA) is 88.2 Å². The SMILES string of the molecule is COc1ccc(OC)c(C2CCCN2C(=O)CN2C(=O)NC3(CCCc4ccccc43)C2=O)c1. The van der Waals surface area contributed by atoms with E-state index in [1.807, 2.05) is 42.5 Å². The molecule has 5 rings (SSSR count). The summed E-state index contributed by atoms with van der Waals surface area (Å²) in [5.74, 6) is 0.769. The number of ether oxygens (including phenoxy) is 2. The number of aryl methyl sites for hydroxylation is 1. The summed E-state index contributed by atoms with van der Waals surface area (Å²) in [6.07, 6.45) is 3.81. The van der Waals surface area contributed by atoms with Crippen LogP contribution in [0.4, 0.5) is 4.79 Å². The number of methoxy groups -OCH3 is 2. The zero-order valence-corrected chi connectivity index (χ0v) is 19.5. The second-order valence-electron chi connectivity index (χ2n) is 9.09. The molecular formula is C26H29N3O5. The minimum atomic E-state index is -1.08. The van der Waals surface area contributed by atoms with Crippen molar-refractivity contribution in [2.75, 3.05) is 27.3 Å². The van der Waals surface area contributed by atoms with Crippen molar-refractivity contribution in [1.82, 2.24) is 15.1 Å². The molecule has 2 fully saturated rings. The fourth-order valence-corrected chi connectivity index (χ4v) is 5.67. The van der Waals surface area contributed by atoms with Gasteiger partial charge in [-0.25, -0.2) is 4.79 Å². The molecule has 2 saturated heterocycles. The first-order valence-corrected chi connectivity index (χ1v) is 11.7. The van der Waals surface area contributed by atoms with Gasteiger partial charge in [0.25, 0.3) is 5.91 Å². The summed E-state index contributed by atoms with van der Waals surface area (Å²) < 4.78 is 10.9. The Morgan fingerprint density at radius 3 is 2.74 bits per heavy atom. The number of hydrogen-bond acceptors (Lipinski definition) is 5. The molecule has 2 aromatic carbocycles. The number of imide groups is 1. The lowest BCUT2D eigenvalue weighted by Gasteiger charge is -2.33. The normalized spacial score (nSPS) is 23.8. The minimum absolute atomic E-state index is 0.206. The predicted octanol–water partition coefficient (Wildman–Crippen LogP) is 3.15. The predicted molar refractivity (Wildman–Crippen MR) is 125 cm³/mol. The van der Waals surface area contributed by atoms with Gasteiger partial charge in [0.15, 0.2) is 0 Å². The van der Waals surface area contributed by atoms with Crippen molar-refractivity contribution in [1.29, 1.82) is 0 Å². The molecule has 3 aliphatic rings. The Bertz CT molecular complexity index is 1150. The molecule has 1 spiro atoms. The highest BCUT2D eigenvalue weighted by Crippen LogP contribution is 2.41. The molecule has 2 atom stereocenters. The van der Waals surface area contributed by atoms with E-state index in [0.29, 0.717) is 24.5 Å². The van der Waals surface area contributed by atoms with Gasteiger partial charge in [-0.2, -0.15) is 0 Å². The summed E-state index contributed by atoms with van der Waals surface area (Å²) in [5.41, 5.74) is 1.70. The molecule has 0 saturated carbocycles. The maximum absolute atomic E-state index is 13.6. The smallest absolute Gasteiger partial charge is 0.325 e. The van der Waals surface area contributed by atoms with Crippen LogP contribution in [0, 0.1) is 0 Å². The van der Waals surface area contributed by atoms with E-state index in [0.717, 1.165) is 47.3 Å². The first-order chi connectivity index (χ1) is 16.5. The summed E-state index contributed by atoms with van der Waals surface area (Å²) in [5, 5.41) is 2.93. The third-order valence-electron chi connectivity index (χ3n) is 7.31. The molecule has 1 aliphatic carbocycles. The number of nitrogens with zero attached hydrogens (tertiary/aromatic N) is 2. The van der Waals surface area contributed by atoms with E-state index in [1.54, 1.807) is 19.1 Å². The largest absolute Gasteiger partial charge is 0.497 e. The van der Waals surface area contributed by atoms with Crippen molar-refractivity contribution in [3.05, 3.63) is 59.2 Å². The Hall–Kier alpha value is -3.55. The number of hydrogen-bond donors (Lipinski definition) is 1. The molecule has 2 unspecified atom stereocenters. The lowest BCUT2D eigenvalue weighted by atomic mass is 9.76. The molecule has 0 radical (unpaired) electrons. The summed E-state index contributed by atoms with van der Waals surface area (Å²) in [7, 11) is 3.20. The zero-order chi connectivity index (χ0) is 23.9. The van der Waals surface area contributed by atoms with Crippen LogP contribution in [0.2, 0.25) is 0 Å². The highest BCUT2D eigenvalue weighted by Gasteiger charge is 2.54. The number of likely N-dealkylation sites (tertiary alicyclic amines) is 1. The first-order valence-electron chi connectivity index (χ1n) is 11.7. The highest BCUT2D eigenvalue weighted by atomic mass is 16.5. The van der Waals surface area contributed by atoms with E-state index in [2.05, 4.69) is 5.32 Å². The number of benzene rings is 2. The highest BCUT2D eigenvalue weighted by molar-refractivity contribution is 6.09. The van der Waals surface area contributed by atoms with Crippen molar-refractivity contribution in [2.45, 2.75) is 43.7 Å². The number of fused-ring (bicyclic) bond motifs is 2. The Labute approximate surface area is 198 Å². The first kappa shape index (κ1) is 22.3. The molecule has 178 valence electrons. The average Bonchev–Trinajstić information content (AvgIpc) is 3.44. The van der Waals surface area contributed by atoms with Gasteiger partial charge in [-0.05, 0) is 61.4 Å². The van der Waals surface area contributed by atoms with E-state index in [1.165, 1.54) is 0 Å². The van der Waals surface area contributed by atoms with Crippen LogP contribution < -0.4 is 14.8 Å². The molecule has 2 heterocycles. The van der Waals surface area contributed by atoms with Crippen LogP contribution in [0.1, 0.15) is 48.4 Å². The molecule has 4 amide bonds. The third kappa shape index (κ3) is 3.48. The molecule has 34 heavy (non-hydrogen) atoms. The van der Waals surface area contributed by atoms with Gasteiger partial charge in [-0.3, -0.25) is 14.5 Å². The minimum Gasteiger partial charge on any atom is -0.497 e. The fourth-order valence-electron chi connectivity index (χ4n) is 5.67. The van der Waals surface area contributed by atoms with Gasteiger partial charge >= 0.3 is 6.03 Å². The molecule has 0 bridgehead atoms. The Morgan fingerprint density at radius 2 is 1.94 bits per heavy atom. The van der Waals surface area contributed by atoms with Crippen LogP contribution in [0.3, 0.4) is 0 Å². The van der Waals surface area contributed by atoms with Gasteiger partial charge in [0.05, 0.1) is 20.3 Å². The van der Waals surface area contributed by atoms with Crippen molar-refractivity contribution >= 4 is 17.8 Å². The lowest BCUT2D eigenvalue weighted by Crippen LogP contribution is -2.47. The number of urea groups is 1. The maximum Gasteiger partial charge on any atom is 0.325 e. The fraction of sp³-hybridized carbons (Fsp3) is 0.423. The van der Waals surface area contributed by atoms with Gasteiger partial charge in [0.1, 0.15) is 23.6 Å². The van der Waals surface area contributed by atoms with Gasteiger partial charge < -0.3 is 19.7 Å². The number of carbonyl (C=O) groups excluding carboxylic acids is 3. The van der Waals surface area contributed by atoms with E-state index >= 15 is 0 Å². The van der Waals surface area contributed by atoms with Gasteiger partial charge in [0, 0.05) is 12.1 Å². The standard InChI is InChI=1S/C26H29N3O5/c1-33-18-11-12-22(34-2)19(15-18)21-10-6-14-28(21)23(30)16-29-24(31)26(27-25(29)32)13-5-8-17-7-3-4-9-20(17)26/h3-4,7,9,11-12,15,21H,5-6,8,10,13-14,16H2,1-2H3,(H,27,32). The third-order valence-corrected chi connectivity index (χ3v) is 7.31. The van der Waals surface area contributed by atoms with Crippen molar-refractivity contribution < 1.29 is 23.9 Å². The van der Waals surface area contributed by atoms with Crippen LogP contribution >= 0.6 is 0 Å². The van der Waals surface area contributed by atoms with Crippen LogP contribution in [0.25, 0.3) is 0 Å². The van der Waals surface area contributed by atoms with Gasteiger partial charge in [-0.15, -0.1) is 0 Å². The van der Waals surface area contributed by atoms with E-state index < -0.39 is 11.6 Å². The maximum atomic E-state index is 13.6. The van der Waals surface area contributed by atoms with Crippen LogP contribution in [-0.4, -0.2) is 55.0 Å². The van der Waals surface area contributed by atoms with E-state index in [9.17, 15) is 14.4 Å². The molecule has 2 aromatic rings. The van der Waals surface area contributed by atoms with Crippen molar-refractivity contribution in [3.63, 3.8) is 0 Å². The average molecular weight is 464 g/mol. The van der Waals surface area contributed by atoms with Crippen molar-refractivity contribution in [2.24, 2.45) is 0 Å². The number of nitrogens with one attached hydrogen (secondary N) is 1. The van der Waals surface area contributed by atoms with Gasteiger partial charge in [-0.1, -0.05) is 24.3 Å². The van der Waals surface area contributed by atoms with Crippen molar-refractivity contribution in [3.8, 4) is 11.5 Å².